The molecule has 0 amide bonds. The fourth-order valence-electron chi connectivity index (χ4n) is 0.482. The normalized spacial score (nSPS) is 14.6. The van der Waals surface area contributed by atoms with Crippen molar-refractivity contribution in [3.63, 3.8) is 0 Å². The number of ether oxygens (including phenoxy) is 2. The molecule has 0 saturated heterocycles. The first kappa shape index (κ1) is 11.8. The predicted octanol–water partition coefficient (Wildman–Crippen LogP) is -0.640. The summed E-state index contributed by atoms with van der Waals surface area (Å²) in [6.07, 6.45) is 0. The van der Waals surface area contributed by atoms with E-state index >= 15 is 0 Å². The van der Waals surface area contributed by atoms with Crippen molar-refractivity contribution < 1.29 is 23.0 Å². The molecule has 0 aliphatic heterocycles. The lowest BCUT2D eigenvalue weighted by Gasteiger charge is -2.10. The Morgan fingerprint density at radius 1 is 1.50 bits per heavy atom. The molecule has 0 aromatic carbocycles. The summed E-state index contributed by atoms with van der Waals surface area (Å²) in [7, 11) is -2.02. The number of sulfone groups is 1. The molecule has 1 N–H and O–H groups in total. The van der Waals surface area contributed by atoms with E-state index in [0.717, 1.165) is 0 Å². The molecule has 0 bridgehead atoms. The molecule has 0 radical (unpaired) electrons. The van der Waals surface area contributed by atoms with Crippen LogP contribution in [0.5, 0.6) is 0 Å². The van der Waals surface area contributed by atoms with E-state index in [1.165, 1.54) is 14.0 Å². The topological polar surface area (TPSA) is 72.8 Å². The monoisotopic (exact) mass is 198 g/mol. The highest BCUT2D eigenvalue weighted by Crippen LogP contribution is 2.02. The highest BCUT2D eigenvalue weighted by atomic mass is 32.2. The van der Waals surface area contributed by atoms with E-state index in [4.69, 9.17) is 5.11 Å². The Morgan fingerprint density at radius 2 is 2.08 bits per heavy atom. The number of aliphatic hydroxyl groups is 1. The van der Waals surface area contributed by atoms with Gasteiger partial charge in [0.2, 0.25) is 9.84 Å². The van der Waals surface area contributed by atoms with Crippen molar-refractivity contribution in [2.45, 2.75) is 12.4 Å². The predicted molar refractivity (Wildman–Crippen MR) is 43.3 cm³/mol. The van der Waals surface area contributed by atoms with Crippen molar-refractivity contribution in [3.8, 4) is 0 Å². The van der Waals surface area contributed by atoms with E-state index in [0.29, 0.717) is 0 Å². The lowest BCUT2D eigenvalue weighted by molar-refractivity contribution is 0.115. The van der Waals surface area contributed by atoms with Gasteiger partial charge in [-0.15, -0.1) is 0 Å². The first-order valence-electron chi connectivity index (χ1n) is 3.47. The summed E-state index contributed by atoms with van der Waals surface area (Å²) in [6, 6.07) is 0. The number of hydrogen-bond donors (Lipinski definition) is 1. The van der Waals surface area contributed by atoms with E-state index in [-0.39, 0.29) is 13.2 Å². The van der Waals surface area contributed by atoms with Gasteiger partial charge in [-0.2, -0.15) is 0 Å². The molecule has 0 rings (SSSR count). The maximum atomic E-state index is 11.1. The van der Waals surface area contributed by atoms with Crippen molar-refractivity contribution >= 4 is 9.84 Å². The van der Waals surface area contributed by atoms with Crippen LogP contribution in [0.25, 0.3) is 0 Å². The first-order valence-corrected chi connectivity index (χ1v) is 5.19. The van der Waals surface area contributed by atoms with Gasteiger partial charge in [-0.3, -0.25) is 0 Å². The third-order valence-corrected chi connectivity index (χ3v) is 3.02. The summed E-state index contributed by atoms with van der Waals surface area (Å²) in [5, 5.41) is 8.31. The van der Waals surface area contributed by atoms with Crippen molar-refractivity contribution in [3.05, 3.63) is 0 Å². The average Bonchev–Trinajstić information content (AvgIpc) is 2.03. The van der Waals surface area contributed by atoms with Crippen LogP contribution in [-0.2, 0) is 19.3 Å². The summed E-state index contributed by atoms with van der Waals surface area (Å²) in [6.45, 7) is 1.27. The Bertz CT molecular complexity index is 198. The van der Waals surface area contributed by atoms with E-state index in [1.54, 1.807) is 0 Å². The van der Waals surface area contributed by atoms with E-state index in [2.05, 4.69) is 9.47 Å². The van der Waals surface area contributed by atoms with Gasteiger partial charge in [-0.25, -0.2) is 8.42 Å². The van der Waals surface area contributed by atoms with Gasteiger partial charge in [0.05, 0.1) is 13.2 Å². The van der Waals surface area contributed by atoms with Crippen molar-refractivity contribution in [1.82, 2.24) is 0 Å². The molecule has 0 heterocycles. The zero-order chi connectivity index (χ0) is 9.61. The molecule has 0 aromatic heterocycles. The van der Waals surface area contributed by atoms with Gasteiger partial charge < -0.3 is 14.6 Å². The van der Waals surface area contributed by atoms with E-state index in [1.807, 2.05) is 0 Å². The third kappa shape index (κ3) is 4.01. The van der Waals surface area contributed by atoms with Crippen LogP contribution >= 0.6 is 0 Å². The standard InChI is InChI=1S/C6H14O5S/c1-6(10-2)12(8,9)5-11-4-3-7/h6-7H,3-5H2,1-2H3. The second-order valence-corrected chi connectivity index (χ2v) is 4.44. The fourth-order valence-corrected chi connectivity index (χ4v) is 1.32. The Balaban J connectivity index is 3.88. The molecular weight excluding hydrogens is 184 g/mol. The molecule has 0 aromatic rings. The van der Waals surface area contributed by atoms with Crippen LogP contribution in [0.15, 0.2) is 0 Å². The third-order valence-electron chi connectivity index (χ3n) is 1.32. The van der Waals surface area contributed by atoms with Gasteiger partial charge in [0.1, 0.15) is 0 Å². The Morgan fingerprint density at radius 3 is 2.50 bits per heavy atom. The second kappa shape index (κ2) is 5.47. The molecule has 5 nitrogen and oxygen atoms in total. The molecule has 0 spiro atoms. The SMILES string of the molecule is COC(C)S(=O)(=O)COCCO. The fraction of sp³-hybridized carbons (Fsp3) is 1.00. The van der Waals surface area contributed by atoms with Crippen LogP contribution < -0.4 is 0 Å². The maximum absolute atomic E-state index is 11.1. The van der Waals surface area contributed by atoms with E-state index in [9.17, 15) is 8.42 Å². The summed E-state index contributed by atoms with van der Waals surface area (Å²) < 4.78 is 31.5. The van der Waals surface area contributed by atoms with Gasteiger partial charge in [0, 0.05) is 7.11 Å². The Labute approximate surface area is 72.2 Å². The van der Waals surface area contributed by atoms with Crippen LogP contribution in [0.1, 0.15) is 6.92 Å². The number of hydrogen-bond acceptors (Lipinski definition) is 5. The first-order chi connectivity index (χ1) is 5.54. The van der Waals surface area contributed by atoms with Crippen LogP contribution in [0.2, 0.25) is 0 Å². The number of rotatable bonds is 6. The molecule has 1 unspecified atom stereocenters. The lowest BCUT2D eigenvalue weighted by atomic mass is 10.8. The largest absolute Gasteiger partial charge is 0.394 e. The Kier molecular flexibility index (Phi) is 5.39. The summed E-state index contributed by atoms with van der Waals surface area (Å²) in [5.41, 5.74) is -0.865. The van der Waals surface area contributed by atoms with Crippen molar-refractivity contribution in [1.29, 1.82) is 0 Å². The summed E-state index contributed by atoms with van der Waals surface area (Å²) >= 11 is 0. The van der Waals surface area contributed by atoms with Gasteiger partial charge >= 0.3 is 0 Å². The molecule has 0 aliphatic rings. The zero-order valence-corrected chi connectivity index (χ0v) is 8.00. The van der Waals surface area contributed by atoms with Crippen LogP contribution in [-0.4, -0.2) is 45.2 Å². The summed E-state index contributed by atoms with van der Waals surface area (Å²) in [4.78, 5) is 0. The van der Waals surface area contributed by atoms with Gasteiger partial charge in [-0.05, 0) is 6.92 Å². The highest BCUT2D eigenvalue weighted by molar-refractivity contribution is 7.91. The van der Waals surface area contributed by atoms with Crippen LogP contribution in [0.3, 0.4) is 0 Å². The van der Waals surface area contributed by atoms with Crippen LogP contribution in [0, 0.1) is 0 Å². The second-order valence-electron chi connectivity index (χ2n) is 2.22. The van der Waals surface area contributed by atoms with Crippen molar-refractivity contribution in [2.24, 2.45) is 0 Å². The molecule has 12 heavy (non-hydrogen) atoms. The van der Waals surface area contributed by atoms with Crippen LogP contribution in [0.4, 0.5) is 0 Å². The summed E-state index contributed by atoms with van der Waals surface area (Å²) in [5.74, 6) is -0.414. The molecule has 1 atom stereocenters. The molecule has 6 heteroatoms. The number of aliphatic hydroxyl groups excluding tert-OH is 1. The van der Waals surface area contributed by atoms with Gasteiger partial charge in [0.15, 0.2) is 11.4 Å². The lowest BCUT2D eigenvalue weighted by Crippen LogP contribution is -2.24. The molecule has 0 aliphatic carbocycles. The van der Waals surface area contributed by atoms with Gasteiger partial charge in [0.25, 0.3) is 0 Å². The minimum absolute atomic E-state index is 0.0235. The quantitative estimate of drug-likeness (QED) is 0.575. The minimum Gasteiger partial charge on any atom is -0.394 e. The smallest absolute Gasteiger partial charge is 0.200 e. The molecular formula is C6H14O5S. The van der Waals surface area contributed by atoms with Crippen molar-refractivity contribution in [2.75, 3.05) is 26.3 Å². The molecule has 0 fully saturated rings. The molecule has 0 saturated carbocycles. The van der Waals surface area contributed by atoms with Gasteiger partial charge in [-0.1, -0.05) is 0 Å². The Hall–Kier alpha value is -0.170. The number of methoxy groups -OCH3 is 1. The average molecular weight is 198 g/mol. The van der Waals surface area contributed by atoms with E-state index < -0.39 is 21.2 Å². The zero-order valence-electron chi connectivity index (χ0n) is 7.19. The minimum atomic E-state index is -3.34. The highest BCUT2D eigenvalue weighted by Gasteiger charge is 2.19. The molecule has 74 valence electrons. The maximum Gasteiger partial charge on any atom is 0.200 e.